The first-order valence-corrected chi connectivity index (χ1v) is 10.3. The second-order valence-corrected chi connectivity index (χ2v) is 9.52. The number of benzene rings is 1. The Bertz CT molecular complexity index is 1030. The summed E-state index contributed by atoms with van der Waals surface area (Å²) < 4.78 is 0. The number of aromatic nitrogens is 3. The molecule has 0 amide bonds. The van der Waals surface area contributed by atoms with Crippen molar-refractivity contribution in [1.29, 1.82) is 0 Å². The van der Waals surface area contributed by atoms with E-state index in [1.165, 1.54) is 24.1 Å². The molecule has 26 heavy (non-hydrogen) atoms. The number of halogens is 1. The second-order valence-electron chi connectivity index (χ2n) is 8.23. The maximum Gasteiger partial charge on any atom is 0.124 e. The number of hydrogen-bond donors (Lipinski definition) is 0. The molecule has 1 saturated carbocycles. The van der Waals surface area contributed by atoms with Gasteiger partial charge in [0.05, 0.1) is 5.69 Å². The Morgan fingerprint density at radius 3 is 2.77 bits per heavy atom. The number of fused-ring (bicyclic) bond motifs is 5. The average Bonchev–Trinajstić information content (AvgIpc) is 3.23. The molecule has 3 nitrogen and oxygen atoms in total. The maximum atomic E-state index is 6.11. The van der Waals surface area contributed by atoms with Crippen molar-refractivity contribution in [1.82, 2.24) is 15.2 Å². The first-order valence-electron chi connectivity index (χ1n) is 9.00. The molecule has 0 unspecified atom stereocenters. The zero-order valence-corrected chi connectivity index (χ0v) is 16.7. The molecule has 5 heteroatoms. The van der Waals surface area contributed by atoms with Gasteiger partial charge in [0.15, 0.2) is 0 Å². The van der Waals surface area contributed by atoms with Crippen LogP contribution in [0.25, 0.3) is 22.0 Å². The third-order valence-electron chi connectivity index (χ3n) is 6.79. The van der Waals surface area contributed by atoms with Gasteiger partial charge in [0.2, 0.25) is 0 Å². The Balaban J connectivity index is 1.55. The fraction of sp³-hybridized carbons (Fsp3) is 0.381. The van der Waals surface area contributed by atoms with E-state index in [1.807, 2.05) is 24.3 Å². The van der Waals surface area contributed by atoms with E-state index in [4.69, 9.17) is 16.6 Å². The van der Waals surface area contributed by atoms with Crippen molar-refractivity contribution in [2.75, 3.05) is 0 Å². The summed E-state index contributed by atoms with van der Waals surface area (Å²) in [4.78, 5) is 4.79. The molecule has 2 bridgehead atoms. The van der Waals surface area contributed by atoms with Crippen LogP contribution in [0.2, 0.25) is 5.02 Å². The van der Waals surface area contributed by atoms with Crippen LogP contribution in [-0.2, 0) is 5.41 Å². The molecule has 3 aromatic rings. The van der Waals surface area contributed by atoms with Gasteiger partial charge in [0, 0.05) is 21.4 Å². The van der Waals surface area contributed by atoms with Crippen LogP contribution < -0.4 is 0 Å². The van der Waals surface area contributed by atoms with Gasteiger partial charge < -0.3 is 0 Å². The van der Waals surface area contributed by atoms with E-state index in [0.717, 1.165) is 27.0 Å². The van der Waals surface area contributed by atoms with Crippen molar-refractivity contribution in [2.24, 2.45) is 5.41 Å². The van der Waals surface area contributed by atoms with Gasteiger partial charge in [-0.1, -0.05) is 44.5 Å². The number of nitrogens with zero attached hydrogens (tertiary/aromatic N) is 3. The van der Waals surface area contributed by atoms with Crippen LogP contribution in [0.4, 0.5) is 0 Å². The number of hydrogen-bond acceptors (Lipinski definition) is 4. The standard InChI is InChI=1S/C21H20ClN3S/c1-20(2)15-7-8-21(20,3)18-14(15)10-16(24-25-18)17-11-26-19(23-17)12-5-4-6-13(22)9-12/h4-6,9-11,15H,7-8H2,1-3H3/t15-,21+/m0/s1. The van der Waals surface area contributed by atoms with E-state index in [-0.39, 0.29) is 10.8 Å². The van der Waals surface area contributed by atoms with Crippen molar-refractivity contribution in [3.05, 3.63) is 52.0 Å². The van der Waals surface area contributed by atoms with Crippen LogP contribution in [0, 0.1) is 5.41 Å². The van der Waals surface area contributed by atoms with Gasteiger partial charge in [-0.3, -0.25) is 0 Å². The van der Waals surface area contributed by atoms with E-state index in [0.29, 0.717) is 5.92 Å². The van der Waals surface area contributed by atoms with Crippen LogP contribution in [0.15, 0.2) is 35.7 Å². The van der Waals surface area contributed by atoms with E-state index in [1.54, 1.807) is 11.3 Å². The number of rotatable bonds is 2. The summed E-state index contributed by atoms with van der Waals surface area (Å²) in [6.45, 7) is 7.12. The summed E-state index contributed by atoms with van der Waals surface area (Å²) in [6, 6.07) is 10.0. The number of thiazole rings is 1. The topological polar surface area (TPSA) is 38.7 Å². The summed E-state index contributed by atoms with van der Waals surface area (Å²) in [6.07, 6.45) is 2.45. The van der Waals surface area contributed by atoms with Crippen molar-refractivity contribution >= 4 is 22.9 Å². The Morgan fingerprint density at radius 2 is 1.96 bits per heavy atom. The van der Waals surface area contributed by atoms with E-state index in [9.17, 15) is 0 Å². The van der Waals surface area contributed by atoms with Crippen molar-refractivity contribution in [3.8, 4) is 22.0 Å². The average molecular weight is 382 g/mol. The van der Waals surface area contributed by atoms with Crippen molar-refractivity contribution in [3.63, 3.8) is 0 Å². The lowest BCUT2D eigenvalue weighted by molar-refractivity contribution is 0.226. The molecule has 2 aliphatic rings. The fourth-order valence-corrected chi connectivity index (χ4v) is 5.84. The second kappa shape index (κ2) is 5.37. The third-order valence-corrected chi connectivity index (χ3v) is 7.91. The predicted octanol–water partition coefficient (Wildman–Crippen LogP) is 6.10. The molecular formula is C21H20ClN3S. The highest BCUT2D eigenvalue weighted by Gasteiger charge is 2.60. The highest BCUT2D eigenvalue weighted by molar-refractivity contribution is 7.13. The summed E-state index contributed by atoms with van der Waals surface area (Å²) in [5.74, 6) is 0.572. The Labute approximate surface area is 162 Å². The Morgan fingerprint density at radius 1 is 1.12 bits per heavy atom. The molecule has 2 atom stereocenters. The van der Waals surface area contributed by atoms with Crippen molar-refractivity contribution in [2.45, 2.75) is 44.9 Å². The quantitative estimate of drug-likeness (QED) is 0.538. The van der Waals surface area contributed by atoms with E-state index in [2.05, 4.69) is 42.4 Å². The van der Waals surface area contributed by atoms with Gasteiger partial charge in [-0.2, -0.15) is 5.10 Å². The van der Waals surface area contributed by atoms with Crippen LogP contribution >= 0.6 is 22.9 Å². The lowest BCUT2D eigenvalue weighted by atomic mass is 9.70. The molecule has 0 N–H and O–H groups in total. The molecule has 5 rings (SSSR count). The van der Waals surface area contributed by atoms with E-state index >= 15 is 0 Å². The Kier molecular flexibility index (Phi) is 3.38. The van der Waals surface area contributed by atoms with Gasteiger partial charge in [-0.05, 0) is 47.9 Å². The summed E-state index contributed by atoms with van der Waals surface area (Å²) in [7, 11) is 0. The van der Waals surface area contributed by atoms with Crippen LogP contribution in [0.1, 0.15) is 50.8 Å². The van der Waals surface area contributed by atoms with Crippen LogP contribution in [0.3, 0.4) is 0 Å². The highest BCUT2D eigenvalue weighted by Crippen LogP contribution is 2.67. The molecular weight excluding hydrogens is 362 g/mol. The summed E-state index contributed by atoms with van der Waals surface area (Å²) >= 11 is 7.73. The minimum absolute atomic E-state index is 0.145. The smallest absolute Gasteiger partial charge is 0.124 e. The molecule has 1 aromatic carbocycles. The third kappa shape index (κ3) is 2.09. The first kappa shape index (κ1) is 16.4. The molecule has 0 radical (unpaired) electrons. The zero-order valence-electron chi connectivity index (χ0n) is 15.1. The fourth-order valence-electron chi connectivity index (χ4n) is 4.84. The molecule has 2 heterocycles. The predicted molar refractivity (Wildman–Crippen MR) is 107 cm³/mol. The minimum atomic E-state index is 0.145. The van der Waals surface area contributed by atoms with Gasteiger partial charge in [0.25, 0.3) is 0 Å². The van der Waals surface area contributed by atoms with Crippen LogP contribution in [-0.4, -0.2) is 15.2 Å². The summed E-state index contributed by atoms with van der Waals surface area (Å²) in [5.41, 5.74) is 5.78. The van der Waals surface area contributed by atoms with E-state index < -0.39 is 0 Å². The summed E-state index contributed by atoms with van der Waals surface area (Å²) in [5, 5.41) is 13.0. The Hall–Kier alpha value is -1.78. The molecule has 0 aliphatic heterocycles. The molecule has 1 fully saturated rings. The molecule has 0 saturated heterocycles. The van der Waals surface area contributed by atoms with Crippen LogP contribution in [0.5, 0.6) is 0 Å². The molecule has 2 aromatic heterocycles. The molecule has 0 spiro atoms. The van der Waals surface area contributed by atoms with Crippen molar-refractivity contribution < 1.29 is 0 Å². The maximum absolute atomic E-state index is 6.11. The monoisotopic (exact) mass is 381 g/mol. The normalized spacial score (nSPS) is 25.5. The van der Waals surface area contributed by atoms with Gasteiger partial charge in [0.1, 0.15) is 16.4 Å². The SMILES string of the molecule is CC1(C)[C@H]2CC[C@]1(C)c1nnc(-c3csc(-c4cccc(Cl)c4)n3)cc12. The zero-order chi connectivity index (χ0) is 18.1. The highest BCUT2D eigenvalue weighted by atomic mass is 35.5. The minimum Gasteiger partial charge on any atom is -0.234 e. The first-order chi connectivity index (χ1) is 12.4. The van der Waals surface area contributed by atoms with Gasteiger partial charge in [-0.15, -0.1) is 16.4 Å². The molecule has 2 aliphatic carbocycles. The lowest BCUT2D eigenvalue weighted by Crippen LogP contribution is -2.32. The van der Waals surface area contributed by atoms with Gasteiger partial charge in [-0.25, -0.2) is 4.98 Å². The largest absolute Gasteiger partial charge is 0.234 e. The lowest BCUT2D eigenvalue weighted by Gasteiger charge is -2.33. The molecule has 132 valence electrons. The van der Waals surface area contributed by atoms with Gasteiger partial charge >= 0.3 is 0 Å².